The molecule has 1 aliphatic rings. The second-order valence-electron chi connectivity index (χ2n) is 6.86. The Labute approximate surface area is 151 Å². The Hall–Kier alpha value is -2.96. The van der Waals surface area contributed by atoms with E-state index < -0.39 is 0 Å². The molecule has 0 unspecified atom stereocenters. The lowest BCUT2D eigenvalue weighted by Crippen LogP contribution is -2.38. The molecule has 1 amide bonds. The molecule has 7 nitrogen and oxygen atoms in total. The van der Waals surface area contributed by atoms with Gasteiger partial charge in [-0.15, -0.1) is 0 Å². The molecule has 1 aliphatic carbocycles. The lowest BCUT2D eigenvalue weighted by atomic mass is 9.91. The van der Waals surface area contributed by atoms with Crippen molar-refractivity contribution in [2.75, 3.05) is 0 Å². The highest BCUT2D eigenvalue weighted by atomic mass is 16.2. The number of hydrogen-bond acceptors (Lipinski definition) is 4. The van der Waals surface area contributed by atoms with Crippen LogP contribution >= 0.6 is 0 Å². The van der Waals surface area contributed by atoms with E-state index in [1.54, 1.807) is 12.3 Å². The second kappa shape index (κ2) is 7.11. The molecule has 0 spiro atoms. The third-order valence-corrected chi connectivity index (χ3v) is 4.89. The molecule has 0 bridgehead atoms. The molecule has 1 fully saturated rings. The molecule has 3 aromatic heterocycles. The molecule has 3 aromatic rings. The van der Waals surface area contributed by atoms with Crippen LogP contribution in [0.2, 0.25) is 0 Å². The fourth-order valence-corrected chi connectivity index (χ4v) is 3.46. The number of carbonyl (C=O) groups is 1. The SMILES string of the molecule is Cc1cnn(C2CCC(NC(=O)c3cc(-c4ccccn4)n[nH]3)CC2)c1. The molecule has 134 valence electrons. The van der Waals surface area contributed by atoms with Crippen LogP contribution in [0.4, 0.5) is 0 Å². The van der Waals surface area contributed by atoms with E-state index in [-0.39, 0.29) is 11.9 Å². The third-order valence-electron chi connectivity index (χ3n) is 4.89. The van der Waals surface area contributed by atoms with Gasteiger partial charge in [0.1, 0.15) is 11.4 Å². The summed E-state index contributed by atoms with van der Waals surface area (Å²) in [6, 6.07) is 7.99. The summed E-state index contributed by atoms with van der Waals surface area (Å²) in [6.07, 6.45) is 9.65. The summed E-state index contributed by atoms with van der Waals surface area (Å²) < 4.78 is 2.06. The number of pyridine rings is 1. The van der Waals surface area contributed by atoms with Gasteiger partial charge >= 0.3 is 0 Å². The number of aromatic nitrogens is 5. The van der Waals surface area contributed by atoms with Crippen molar-refractivity contribution < 1.29 is 4.79 Å². The number of rotatable bonds is 4. The molecule has 3 heterocycles. The van der Waals surface area contributed by atoms with Crippen molar-refractivity contribution in [3.8, 4) is 11.4 Å². The molecule has 1 saturated carbocycles. The van der Waals surface area contributed by atoms with Crippen molar-refractivity contribution in [3.05, 3.63) is 54.1 Å². The molecule has 4 rings (SSSR count). The van der Waals surface area contributed by atoms with E-state index in [0.29, 0.717) is 17.4 Å². The lowest BCUT2D eigenvalue weighted by Gasteiger charge is -2.29. The zero-order valence-electron chi connectivity index (χ0n) is 14.7. The molecule has 0 aromatic carbocycles. The number of H-pyrrole nitrogens is 1. The minimum Gasteiger partial charge on any atom is -0.348 e. The van der Waals surface area contributed by atoms with Gasteiger partial charge in [0, 0.05) is 18.4 Å². The maximum absolute atomic E-state index is 12.5. The van der Waals surface area contributed by atoms with Gasteiger partial charge in [-0.25, -0.2) is 0 Å². The number of amides is 1. The minimum atomic E-state index is -0.113. The highest BCUT2D eigenvalue weighted by Gasteiger charge is 2.24. The van der Waals surface area contributed by atoms with E-state index in [0.717, 1.165) is 31.4 Å². The van der Waals surface area contributed by atoms with Crippen LogP contribution in [0.1, 0.15) is 47.8 Å². The van der Waals surface area contributed by atoms with Crippen molar-refractivity contribution in [2.24, 2.45) is 0 Å². The maximum atomic E-state index is 12.5. The van der Waals surface area contributed by atoms with E-state index in [9.17, 15) is 4.79 Å². The fraction of sp³-hybridized carbons (Fsp3) is 0.368. The van der Waals surface area contributed by atoms with Gasteiger partial charge in [-0.1, -0.05) is 6.07 Å². The monoisotopic (exact) mass is 350 g/mol. The summed E-state index contributed by atoms with van der Waals surface area (Å²) in [6.45, 7) is 2.05. The topological polar surface area (TPSA) is 88.5 Å². The number of aryl methyl sites for hydroxylation is 1. The van der Waals surface area contributed by atoms with Crippen LogP contribution in [0.5, 0.6) is 0 Å². The Balaban J connectivity index is 1.34. The largest absolute Gasteiger partial charge is 0.348 e. The van der Waals surface area contributed by atoms with E-state index in [1.165, 1.54) is 5.56 Å². The first kappa shape index (κ1) is 16.5. The average molecular weight is 350 g/mol. The molecule has 0 radical (unpaired) electrons. The molecular weight excluding hydrogens is 328 g/mol. The Morgan fingerprint density at radius 1 is 1.23 bits per heavy atom. The van der Waals surface area contributed by atoms with Gasteiger partial charge in [0.25, 0.3) is 5.91 Å². The van der Waals surface area contributed by atoms with E-state index >= 15 is 0 Å². The third kappa shape index (κ3) is 3.51. The van der Waals surface area contributed by atoms with Gasteiger partial charge in [-0.05, 0) is 56.4 Å². The number of nitrogens with zero attached hydrogens (tertiary/aromatic N) is 4. The zero-order chi connectivity index (χ0) is 17.9. The average Bonchev–Trinajstić information content (AvgIpc) is 3.32. The van der Waals surface area contributed by atoms with Crippen molar-refractivity contribution >= 4 is 5.91 Å². The van der Waals surface area contributed by atoms with Gasteiger partial charge in [0.15, 0.2) is 0 Å². The van der Waals surface area contributed by atoms with Crippen molar-refractivity contribution in [2.45, 2.75) is 44.7 Å². The standard InChI is InChI=1S/C19H22N6O/c1-13-11-21-25(12-13)15-7-5-14(6-8-15)22-19(26)18-10-17(23-24-18)16-4-2-3-9-20-16/h2-4,9-12,14-15H,5-8H2,1H3,(H,22,26)(H,23,24). The van der Waals surface area contributed by atoms with E-state index in [2.05, 4.69) is 43.4 Å². The quantitative estimate of drug-likeness (QED) is 0.757. The Bertz CT molecular complexity index is 876. The molecule has 0 saturated heterocycles. The Kier molecular flexibility index (Phi) is 4.51. The van der Waals surface area contributed by atoms with Gasteiger partial charge in [-0.3, -0.25) is 19.6 Å². The van der Waals surface area contributed by atoms with Crippen LogP contribution < -0.4 is 5.32 Å². The molecule has 2 N–H and O–H groups in total. The highest BCUT2D eigenvalue weighted by Crippen LogP contribution is 2.28. The Morgan fingerprint density at radius 3 is 2.77 bits per heavy atom. The molecule has 7 heteroatoms. The van der Waals surface area contributed by atoms with Crippen LogP contribution in [0.3, 0.4) is 0 Å². The number of carbonyl (C=O) groups excluding carboxylic acids is 1. The summed E-state index contributed by atoms with van der Waals surface area (Å²) in [7, 11) is 0. The summed E-state index contributed by atoms with van der Waals surface area (Å²) in [5.41, 5.74) is 3.07. The van der Waals surface area contributed by atoms with Gasteiger partial charge in [0.2, 0.25) is 0 Å². The molecule has 26 heavy (non-hydrogen) atoms. The van der Waals surface area contributed by atoms with E-state index in [4.69, 9.17) is 0 Å². The van der Waals surface area contributed by atoms with Crippen LogP contribution in [0.25, 0.3) is 11.4 Å². The van der Waals surface area contributed by atoms with Crippen molar-refractivity contribution in [1.82, 2.24) is 30.3 Å². The van der Waals surface area contributed by atoms with Crippen LogP contribution in [-0.4, -0.2) is 36.9 Å². The summed E-state index contributed by atoms with van der Waals surface area (Å²) >= 11 is 0. The van der Waals surface area contributed by atoms with Crippen LogP contribution in [-0.2, 0) is 0 Å². The number of nitrogens with one attached hydrogen (secondary N) is 2. The normalized spacial score (nSPS) is 20.0. The fourth-order valence-electron chi connectivity index (χ4n) is 3.46. The Morgan fingerprint density at radius 2 is 2.08 bits per heavy atom. The number of aromatic amines is 1. The summed E-state index contributed by atoms with van der Waals surface area (Å²) in [4.78, 5) is 16.7. The maximum Gasteiger partial charge on any atom is 0.269 e. The van der Waals surface area contributed by atoms with E-state index in [1.807, 2.05) is 24.4 Å². The summed E-state index contributed by atoms with van der Waals surface area (Å²) in [5, 5.41) is 14.5. The van der Waals surface area contributed by atoms with Crippen LogP contribution in [0.15, 0.2) is 42.9 Å². The number of hydrogen-bond donors (Lipinski definition) is 2. The molecule has 0 atom stereocenters. The van der Waals surface area contributed by atoms with Crippen molar-refractivity contribution in [1.29, 1.82) is 0 Å². The predicted octanol–water partition coefficient (Wildman–Crippen LogP) is 2.89. The molecular formula is C19H22N6O. The van der Waals surface area contributed by atoms with Gasteiger partial charge in [0.05, 0.1) is 17.9 Å². The smallest absolute Gasteiger partial charge is 0.269 e. The molecule has 0 aliphatic heterocycles. The predicted molar refractivity (Wildman–Crippen MR) is 97.5 cm³/mol. The van der Waals surface area contributed by atoms with Gasteiger partial charge < -0.3 is 5.32 Å². The lowest BCUT2D eigenvalue weighted by molar-refractivity contribution is 0.0916. The van der Waals surface area contributed by atoms with Gasteiger partial charge in [-0.2, -0.15) is 10.2 Å². The highest BCUT2D eigenvalue weighted by molar-refractivity contribution is 5.93. The van der Waals surface area contributed by atoms with Crippen LogP contribution in [0, 0.1) is 6.92 Å². The minimum absolute atomic E-state index is 0.113. The zero-order valence-corrected chi connectivity index (χ0v) is 14.7. The first-order valence-corrected chi connectivity index (χ1v) is 8.97. The summed E-state index contributed by atoms with van der Waals surface area (Å²) in [5.74, 6) is -0.113. The van der Waals surface area contributed by atoms with Crippen molar-refractivity contribution in [3.63, 3.8) is 0 Å². The second-order valence-corrected chi connectivity index (χ2v) is 6.86. The first-order chi connectivity index (χ1) is 12.7. The first-order valence-electron chi connectivity index (χ1n) is 8.97.